The van der Waals surface area contributed by atoms with Crippen LogP contribution in [0.5, 0.6) is 0 Å². The van der Waals surface area contributed by atoms with Crippen molar-refractivity contribution in [2.24, 2.45) is 5.73 Å². The predicted octanol–water partition coefficient (Wildman–Crippen LogP) is 1.80. The van der Waals surface area contributed by atoms with Gasteiger partial charge < -0.3 is 10.5 Å². The number of hydrogen-bond donors (Lipinski definition) is 1. The van der Waals surface area contributed by atoms with Crippen molar-refractivity contribution < 1.29 is 9.53 Å². The minimum Gasteiger partial charge on any atom is -0.461 e. The Labute approximate surface area is 94.2 Å². The van der Waals surface area contributed by atoms with E-state index in [1.807, 2.05) is 30.3 Å². The molecule has 0 atom stereocenters. The summed E-state index contributed by atoms with van der Waals surface area (Å²) in [6, 6.07) is 9.52. The van der Waals surface area contributed by atoms with Gasteiger partial charge in [-0.05, 0) is 5.56 Å². The molecule has 0 saturated heterocycles. The van der Waals surface area contributed by atoms with Gasteiger partial charge in [-0.25, -0.2) is 0 Å². The number of nitrogens with two attached hydrogens (primary N) is 1. The van der Waals surface area contributed by atoms with Gasteiger partial charge in [-0.1, -0.05) is 42.5 Å². The van der Waals surface area contributed by atoms with Gasteiger partial charge in [0.1, 0.15) is 6.61 Å². The molecule has 1 aromatic carbocycles. The lowest BCUT2D eigenvalue weighted by Gasteiger charge is -2.04. The Kier molecular flexibility index (Phi) is 4.77. The minimum absolute atomic E-state index is 0.252. The molecule has 0 heterocycles. The standard InChI is InChI=1S/C11H13NO2S/c12-10(15)6-7-11(13)14-8-9-4-2-1-3-5-9/h1-5H,6-8H2,(H2,12,15). The van der Waals surface area contributed by atoms with Gasteiger partial charge in [-0.2, -0.15) is 0 Å². The second-order valence-electron chi connectivity index (χ2n) is 3.11. The van der Waals surface area contributed by atoms with Crippen LogP contribution in [0.3, 0.4) is 0 Å². The number of ether oxygens (including phenoxy) is 1. The third-order valence-corrected chi connectivity index (χ3v) is 2.02. The van der Waals surface area contributed by atoms with E-state index in [-0.39, 0.29) is 12.4 Å². The number of carbonyl (C=O) groups is 1. The number of carbonyl (C=O) groups excluding carboxylic acids is 1. The van der Waals surface area contributed by atoms with Gasteiger partial charge in [0.25, 0.3) is 0 Å². The second-order valence-corrected chi connectivity index (χ2v) is 3.64. The molecule has 0 saturated carbocycles. The lowest BCUT2D eigenvalue weighted by molar-refractivity contribution is -0.144. The van der Waals surface area contributed by atoms with Crippen molar-refractivity contribution >= 4 is 23.2 Å². The average molecular weight is 223 g/mol. The second kappa shape index (κ2) is 6.14. The van der Waals surface area contributed by atoms with Crippen LogP contribution >= 0.6 is 12.2 Å². The summed E-state index contributed by atoms with van der Waals surface area (Å²) < 4.78 is 5.02. The molecular formula is C11H13NO2S. The summed E-state index contributed by atoms with van der Waals surface area (Å²) in [6.45, 7) is 0.303. The van der Waals surface area contributed by atoms with E-state index in [0.29, 0.717) is 18.0 Å². The fraction of sp³-hybridized carbons (Fsp3) is 0.273. The van der Waals surface area contributed by atoms with Crippen LogP contribution in [0.1, 0.15) is 18.4 Å². The summed E-state index contributed by atoms with van der Waals surface area (Å²) in [6.07, 6.45) is 0.658. The van der Waals surface area contributed by atoms with E-state index in [2.05, 4.69) is 12.2 Å². The molecule has 0 radical (unpaired) electrons. The van der Waals surface area contributed by atoms with Crippen molar-refractivity contribution in [2.75, 3.05) is 0 Å². The number of hydrogen-bond acceptors (Lipinski definition) is 3. The molecule has 0 aliphatic rings. The maximum atomic E-state index is 11.2. The number of esters is 1. The van der Waals surface area contributed by atoms with Crippen molar-refractivity contribution in [3.8, 4) is 0 Å². The van der Waals surface area contributed by atoms with E-state index in [0.717, 1.165) is 5.56 Å². The molecule has 4 heteroatoms. The SMILES string of the molecule is NC(=S)CCC(=O)OCc1ccccc1. The average Bonchev–Trinajstić information content (AvgIpc) is 2.25. The first kappa shape index (κ1) is 11.7. The number of benzene rings is 1. The molecule has 2 N–H and O–H groups in total. The molecule has 1 rings (SSSR count). The fourth-order valence-electron chi connectivity index (χ4n) is 1.04. The molecular weight excluding hydrogens is 210 g/mol. The highest BCUT2D eigenvalue weighted by Gasteiger charge is 2.03. The third-order valence-electron chi connectivity index (χ3n) is 1.82. The third kappa shape index (κ3) is 5.12. The maximum Gasteiger partial charge on any atom is 0.306 e. The Bertz CT molecular complexity index is 338. The van der Waals surface area contributed by atoms with E-state index in [4.69, 9.17) is 10.5 Å². The van der Waals surface area contributed by atoms with Crippen LogP contribution < -0.4 is 5.73 Å². The summed E-state index contributed by atoms with van der Waals surface area (Å²) in [5.41, 5.74) is 6.24. The summed E-state index contributed by atoms with van der Waals surface area (Å²) in [5.74, 6) is -0.272. The summed E-state index contributed by atoms with van der Waals surface area (Å²) >= 11 is 4.66. The van der Waals surface area contributed by atoms with Gasteiger partial charge >= 0.3 is 5.97 Å². The van der Waals surface area contributed by atoms with Crippen LogP contribution in [0, 0.1) is 0 Å². The van der Waals surface area contributed by atoms with Gasteiger partial charge in [0.2, 0.25) is 0 Å². The van der Waals surface area contributed by atoms with Crippen molar-refractivity contribution in [3.05, 3.63) is 35.9 Å². The van der Waals surface area contributed by atoms with Gasteiger partial charge in [0.05, 0.1) is 11.4 Å². The fourth-order valence-corrected chi connectivity index (χ4v) is 1.14. The van der Waals surface area contributed by atoms with Gasteiger partial charge in [-0.3, -0.25) is 4.79 Å². The van der Waals surface area contributed by atoms with Gasteiger partial charge in [-0.15, -0.1) is 0 Å². The predicted molar refractivity (Wildman–Crippen MR) is 62.3 cm³/mol. The molecule has 80 valence electrons. The van der Waals surface area contributed by atoms with Crippen molar-refractivity contribution in [3.63, 3.8) is 0 Å². The molecule has 1 aromatic rings. The van der Waals surface area contributed by atoms with Gasteiger partial charge in [0, 0.05) is 6.42 Å². The molecule has 0 aromatic heterocycles. The first-order valence-electron chi connectivity index (χ1n) is 4.66. The van der Waals surface area contributed by atoms with E-state index in [1.165, 1.54) is 0 Å². The number of thiocarbonyl (C=S) groups is 1. The lowest BCUT2D eigenvalue weighted by Crippen LogP contribution is -2.12. The van der Waals surface area contributed by atoms with E-state index >= 15 is 0 Å². The topological polar surface area (TPSA) is 52.3 Å². The zero-order valence-electron chi connectivity index (χ0n) is 8.31. The highest BCUT2D eigenvalue weighted by molar-refractivity contribution is 7.80. The lowest BCUT2D eigenvalue weighted by atomic mass is 10.2. The first-order valence-corrected chi connectivity index (χ1v) is 5.07. The molecule has 0 aliphatic heterocycles. The Morgan fingerprint density at radius 1 is 1.27 bits per heavy atom. The molecule has 0 amide bonds. The van der Waals surface area contributed by atoms with Crippen molar-refractivity contribution in [2.45, 2.75) is 19.4 Å². The quantitative estimate of drug-likeness (QED) is 0.611. The maximum absolute atomic E-state index is 11.2. The minimum atomic E-state index is -0.272. The summed E-state index contributed by atoms with van der Waals surface area (Å²) in [5, 5.41) is 0. The highest BCUT2D eigenvalue weighted by atomic mass is 32.1. The number of rotatable bonds is 5. The van der Waals surface area contributed by atoms with E-state index in [1.54, 1.807) is 0 Å². The molecule has 0 fully saturated rings. The zero-order chi connectivity index (χ0) is 11.1. The van der Waals surface area contributed by atoms with E-state index in [9.17, 15) is 4.79 Å². The molecule has 0 bridgehead atoms. The Morgan fingerprint density at radius 3 is 2.53 bits per heavy atom. The van der Waals surface area contributed by atoms with Crippen LogP contribution in [0.25, 0.3) is 0 Å². The van der Waals surface area contributed by atoms with Gasteiger partial charge in [0.15, 0.2) is 0 Å². The highest BCUT2D eigenvalue weighted by Crippen LogP contribution is 2.02. The molecule has 0 unspecified atom stereocenters. The normalized spacial score (nSPS) is 9.60. The molecule has 15 heavy (non-hydrogen) atoms. The summed E-state index contributed by atoms with van der Waals surface area (Å²) in [4.78, 5) is 11.5. The van der Waals surface area contributed by atoms with Crippen LogP contribution in [0.15, 0.2) is 30.3 Å². The summed E-state index contributed by atoms with van der Waals surface area (Å²) in [7, 11) is 0. The molecule has 3 nitrogen and oxygen atoms in total. The monoisotopic (exact) mass is 223 g/mol. The first-order chi connectivity index (χ1) is 7.18. The Hall–Kier alpha value is -1.42. The molecule has 0 aliphatic carbocycles. The van der Waals surface area contributed by atoms with Crippen LogP contribution in [0.4, 0.5) is 0 Å². The Balaban J connectivity index is 2.26. The van der Waals surface area contributed by atoms with Crippen LogP contribution in [-0.2, 0) is 16.1 Å². The van der Waals surface area contributed by atoms with Crippen LogP contribution in [0.2, 0.25) is 0 Å². The molecule has 0 spiro atoms. The largest absolute Gasteiger partial charge is 0.461 e. The van der Waals surface area contributed by atoms with Crippen molar-refractivity contribution in [1.29, 1.82) is 0 Å². The Morgan fingerprint density at radius 2 is 1.93 bits per heavy atom. The van der Waals surface area contributed by atoms with Crippen molar-refractivity contribution in [1.82, 2.24) is 0 Å². The zero-order valence-corrected chi connectivity index (χ0v) is 9.13. The van der Waals surface area contributed by atoms with Crippen LogP contribution in [-0.4, -0.2) is 11.0 Å². The smallest absolute Gasteiger partial charge is 0.306 e. The van der Waals surface area contributed by atoms with E-state index < -0.39 is 0 Å².